The minimum absolute atomic E-state index is 0.341. The molecular weight excluding hydrogens is 300 g/mol. The zero-order valence-corrected chi connectivity index (χ0v) is 12.8. The van der Waals surface area contributed by atoms with Crippen molar-refractivity contribution >= 4 is 23.6 Å². The highest BCUT2D eigenvalue weighted by Gasteiger charge is 2.25. The Morgan fingerprint density at radius 3 is 2.41 bits per heavy atom. The van der Waals surface area contributed by atoms with Crippen molar-refractivity contribution in [2.75, 3.05) is 0 Å². The minimum atomic E-state index is -1.09. The number of aliphatic carboxylic acids is 1. The minimum Gasteiger partial charge on any atom is -0.479 e. The lowest BCUT2D eigenvalue weighted by Gasteiger charge is -2.17. The molecule has 1 aromatic carbocycles. The molecule has 2 unspecified atom stereocenters. The van der Waals surface area contributed by atoms with Gasteiger partial charge in [0, 0.05) is 6.20 Å². The average molecular weight is 316 g/mol. The number of thioether (sulfide) groups is 1. The van der Waals surface area contributed by atoms with E-state index in [1.54, 1.807) is 55.6 Å². The van der Waals surface area contributed by atoms with Crippen LogP contribution in [0.3, 0.4) is 0 Å². The first kappa shape index (κ1) is 16.0. The van der Waals surface area contributed by atoms with Gasteiger partial charge in [-0.15, -0.1) is 0 Å². The highest BCUT2D eigenvalue weighted by atomic mass is 32.2. The Kier molecular flexibility index (Phi) is 5.55. The molecule has 0 radical (unpaired) electrons. The Hall–Kier alpha value is -2.34. The van der Waals surface area contributed by atoms with Gasteiger partial charge in [0.05, 0.1) is 10.3 Å². The first-order valence-electron chi connectivity index (χ1n) is 6.73. The van der Waals surface area contributed by atoms with Gasteiger partial charge in [-0.2, -0.15) is 0 Å². The van der Waals surface area contributed by atoms with Gasteiger partial charge in [-0.3, -0.25) is 4.79 Å². The maximum absolute atomic E-state index is 12.2. The maximum Gasteiger partial charge on any atom is 0.330 e. The highest BCUT2D eigenvalue weighted by Crippen LogP contribution is 2.21. The monoisotopic (exact) mass is 316 g/mol. The average Bonchev–Trinajstić information content (AvgIpc) is 2.53. The molecule has 2 aromatic rings. The molecule has 0 fully saturated rings. The number of nitrogens with zero attached hydrogens (tertiary/aromatic N) is 1. The molecule has 1 amide bonds. The first-order valence-corrected chi connectivity index (χ1v) is 7.61. The van der Waals surface area contributed by atoms with Crippen LogP contribution >= 0.6 is 11.8 Å². The van der Waals surface area contributed by atoms with E-state index in [0.717, 1.165) is 5.03 Å². The molecule has 0 aliphatic rings. The summed E-state index contributed by atoms with van der Waals surface area (Å²) in [6, 6.07) is 13.0. The normalized spacial score (nSPS) is 13.1. The van der Waals surface area contributed by atoms with Crippen LogP contribution in [-0.2, 0) is 9.59 Å². The number of pyridine rings is 1. The topological polar surface area (TPSA) is 79.3 Å². The third-order valence-electron chi connectivity index (χ3n) is 2.97. The molecule has 0 saturated heterocycles. The van der Waals surface area contributed by atoms with Gasteiger partial charge in [0.2, 0.25) is 5.91 Å². The maximum atomic E-state index is 12.2. The number of carbonyl (C=O) groups is 2. The summed E-state index contributed by atoms with van der Waals surface area (Å²) >= 11 is 1.28. The number of hydrogen-bond donors (Lipinski definition) is 2. The van der Waals surface area contributed by atoms with Gasteiger partial charge in [0.25, 0.3) is 0 Å². The molecule has 1 heterocycles. The van der Waals surface area contributed by atoms with Crippen LogP contribution in [0.4, 0.5) is 0 Å². The van der Waals surface area contributed by atoms with Crippen LogP contribution in [0.15, 0.2) is 59.8 Å². The van der Waals surface area contributed by atoms with Gasteiger partial charge in [-0.05, 0) is 24.6 Å². The van der Waals surface area contributed by atoms with Crippen LogP contribution in [0.25, 0.3) is 0 Å². The summed E-state index contributed by atoms with van der Waals surface area (Å²) < 4.78 is 0. The zero-order valence-electron chi connectivity index (χ0n) is 12.0. The quantitative estimate of drug-likeness (QED) is 0.801. The number of benzene rings is 1. The Morgan fingerprint density at radius 1 is 1.14 bits per heavy atom. The molecule has 0 spiro atoms. The summed E-state index contributed by atoms with van der Waals surface area (Å²) in [6.07, 6.45) is 1.65. The van der Waals surface area contributed by atoms with Gasteiger partial charge in [0.1, 0.15) is 0 Å². The second-order valence-electron chi connectivity index (χ2n) is 4.62. The second-order valence-corrected chi connectivity index (χ2v) is 5.98. The summed E-state index contributed by atoms with van der Waals surface area (Å²) in [5.41, 5.74) is 0.540. The Balaban J connectivity index is 2.04. The van der Waals surface area contributed by atoms with Crippen molar-refractivity contribution in [1.82, 2.24) is 10.3 Å². The molecule has 22 heavy (non-hydrogen) atoms. The van der Waals surface area contributed by atoms with Crippen molar-refractivity contribution in [3.05, 3.63) is 60.3 Å². The van der Waals surface area contributed by atoms with Gasteiger partial charge in [0.15, 0.2) is 6.04 Å². The lowest BCUT2D eigenvalue weighted by Crippen LogP contribution is -2.38. The van der Waals surface area contributed by atoms with Crippen LogP contribution in [0.2, 0.25) is 0 Å². The Labute approximate surface area is 132 Å². The third kappa shape index (κ3) is 4.33. The third-order valence-corrected chi connectivity index (χ3v) is 4.02. The van der Waals surface area contributed by atoms with Crippen molar-refractivity contribution < 1.29 is 14.7 Å². The molecule has 0 saturated carbocycles. The highest BCUT2D eigenvalue weighted by molar-refractivity contribution is 8.00. The first-order chi connectivity index (χ1) is 10.6. The van der Waals surface area contributed by atoms with Gasteiger partial charge in [-0.1, -0.05) is 48.2 Å². The zero-order chi connectivity index (χ0) is 15.9. The van der Waals surface area contributed by atoms with E-state index in [1.165, 1.54) is 11.8 Å². The van der Waals surface area contributed by atoms with E-state index >= 15 is 0 Å². The molecule has 2 atom stereocenters. The summed E-state index contributed by atoms with van der Waals surface area (Å²) in [4.78, 5) is 27.7. The smallest absolute Gasteiger partial charge is 0.330 e. The van der Waals surface area contributed by atoms with E-state index in [1.807, 2.05) is 6.07 Å². The molecule has 0 aliphatic carbocycles. The molecule has 5 nitrogen and oxygen atoms in total. The number of rotatable bonds is 6. The fraction of sp³-hybridized carbons (Fsp3) is 0.188. The number of hydrogen-bond acceptors (Lipinski definition) is 4. The van der Waals surface area contributed by atoms with Crippen LogP contribution in [-0.4, -0.2) is 27.2 Å². The van der Waals surface area contributed by atoms with Crippen molar-refractivity contribution in [2.24, 2.45) is 0 Å². The van der Waals surface area contributed by atoms with Gasteiger partial charge >= 0.3 is 5.97 Å². The van der Waals surface area contributed by atoms with Gasteiger partial charge in [-0.25, -0.2) is 9.78 Å². The summed E-state index contributed by atoms with van der Waals surface area (Å²) in [5, 5.41) is 12.2. The largest absolute Gasteiger partial charge is 0.479 e. The number of carboxylic acid groups (broad SMARTS) is 1. The van der Waals surface area contributed by atoms with E-state index in [4.69, 9.17) is 0 Å². The molecule has 114 valence electrons. The molecular formula is C16H16N2O3S. The Morgan fingerprint density at radius 2 is 1.82 bits per heavy atom. The fourth-order valence-electron chi connectivity index (χ4n) is 1.84. The lowest BCUT2D eigenvalue weighted by molar-refractivity contribution is -0.141. The Bertz CT molecular complexity index is 634. The lowest BCUT2D eigenvalue weighted by atomic mass is 10.1. The number of nitrogens with one attached hydrogen (secondary N) is 1. The molecule has 6 heteroatoms. The number of amides is 1. The van der Waals surface area contributed by atoms with Crippen molar-refractivity contribution in [3.8, 4) is 0 Å². The van der Waals surface area contributed by atoms with Crippen LogP contribution in [0.1, 0.15) is 18.5 Å². The second kappa shape index (κ2) is 7.61. The summed E-state index contributed by atoms with van der Waals surface area (Å²) in [7, 11) is 0. The standard InChI is InChI=1S/C16H16N2O3S/c1-11(22-13-9-5-6-10-17-13)15(19)18-14(16(20)21)12-7-3-2-4-8-12/h2-11,14H,1H3,(H,18,19)(H,20,21). The van der Waals surface area contributed by atoms with Crippen molar-refractivity contribution in [3.63, 3.8) is 0 Å². The molecule has 0 bridgehead atoms. The number of aromatic nitrogens is 1. The van der Waals surface area contributed by atoms with Crippen LogP contribution < -0.4 is 5.32 Å². The van der Waals surface area contributed by atoms with E-state index in [-0.39, 0.29) is 5.91 Å². The fourth-order valence-corrected chi connectivity index (χ4v) is 2.66. The number of carboxylic acids is 1. The molecule has 2 N–H and O–H groups in total. The summed E-state index contributed by atoms with van der Waals surface area (Å²) in [5.74, 6) is -1.43. The predicted molar refractivity (Wildman–Crippen MR) is 84.5 cm³/mol. The van der Waals surface area contributed by atoms with Crippen molar-refractivity contribution in [2.45, 2.75) is 23.2 Å². The SMILES string of the molecule is CC(Sc1ccccn1)C(=O)NC(C(=O)O)c1ccccc1. The number of carbonyl (C=O) groups excluding carboxylic acids is 1. The summed E-state index contributed by atoms with van der Waals surface area (Å²) in [6.45, 7) is 1.72. The van der Waals surface area contributed by atoms with Crippen LogP contribution in [0, 0.1) is 0 Å². The molecule has 2 rings (SSSR count). The predicted octanol–water partition coefficient (Wildman–Crippen LogP) is 2.50. The van der Waals surface area contributed by atoms with E-state index < -0.39 is 17.3 Å². The van der Waals surface area contributed by atoms with Crippen LogP contribution in [0.5, 0.6) is 0 Å². The van der Waals surface area contributed by atoms with E-state index in [0.29, 0.717) is 5.56 Å². The van der Waals surface area contributed by atoms with Gasteiger partial charge < -0.3 is 10.4 Å². The van der Waals surface area contributed by atoms with E-state index in [9.17, 15) is 14.7 Å². The molecule has 0 aliphatic heterocycles. The van der Waals surface area contributed by atoms with E-state index in [2.05, 4.69) is 10.3 Å². The van der Waals surface area contributed by atoms with Crippen molar-refractivity contribution in [1.29, 1.82) is 0 Å². The molecule has 1 aromatic heterocycles.